The molecule has 1 aliphatic heterocycles. The van der Waals surface area contributed by atoms with Gasteiger partial charge in [0.1, 0.15) is 17.1 Å². The van der Waals surface area contributed by atoms with Gasteiger partial charge in [0.05, 0.1) is 24.6 Å². The number of nitrogens with one attached hydrogen (secondary N) is 1. The third-order valence-corrected chi connectivity index (χ3v) is 7.03. The molecule has 0 saturated heterocycles. The monoisotopic (exact) mass is 432 g/mol. The zero-order valence-corrected chi connectivity index (χ0v) is 18.7. The average Bonchev–Trinajstić information content (AvgIpc) is 2.72. The summed E-state index contributed by atoms with van der Waals surface area (Å²) in [6.45, 7) is 5.56. The number of hydrogen-bond donors (Lipinski definition) is 1. The van der Waals surface area contributed by atoms with E-state index in [0.29, 0.717) is 23.4 Å². The van der Waals surface area contributed by atoms with Crippen LogP contribution < -0.4 is 19.1 Å². The zero-order chi connectivity index (χ0) is 22.1. The van der Waals surface area contributed by atoms with E-state index in [4.69, 9.17) is 9.47 Å². The van der Waals surface area contributed by atoms with E-state index < -0.39 is 15.6 Å². The van der Waals surface area contributed by atoms with Crippen molar-refractivity contribution in [1.29, 1.82) is 0 Å². The summed E-state index contributed by atoms with van der Waals surface area (Å²) in [6, 6.07) is 11.8. The molecule has 162 valence electrons. The molecule has 1 heterocycles. The molecule has 1 amide bonds. The van der Waals surface area contributed by atoms with Crippen LogP contribution in [0.25, 0.3) is 0 Å². The number of hydrogen-bond acceptors (Lipinski definition) is 5. The Balaban J connectivity index is 1.82. The van der Waals surface area contributed by atoms with Crippen molar-refractivity contribution >= 4 is 21.6 Å². The van der Waals surface area contributed by atoms with Gasteiger partial charge in [0.25, 0.3) is 5.91 Å². The Morgan fingerprint density at radius 1 is 1.23 bits per heavy atom. The van der Waals surface area contributed by atoms with E-state index in [0.717, 1.165) is 11.3 Å². The minimum absolute atomic E-state index is 0.00808. The van der Waals surface area contributed by atoms with Crippen molar-refractivity contribution in [3.63, 3.8) is 0 Å². The number of ether oxygens (including phenoxy) is 2. The lowest BCUT2D eigenvalue weighted by Crippen LogP contribution is -2.41. The molecule has 0 bridgehead atoms. The van der Waals surface area contributed by atoms with Crippen LogP contribution in [0.15, 0.2) is 42.5 Å². The number of nitrogens with zero attached hydrogens (tertiary/aromatic N) is 1. The van der Waals surface area contributed by atoms with Crippen LogP contribution in [0, 0.1) is 0 Å². The van der Waals surface area contributed by atoms with E-state index in [1.807, 2.05) is 32.0 Å². The number of anilines is 1. The van der Waals surface area contributed by atoms with Gasteiger partial charge in [-0.05, 0) is 63.2 Å². The fourth-order valence-electron chi connectivity index (χ4n) is 3.51. The van der Waals surface area contributed by atoms with E-state index in [9.17, 15) is 13.2 Å². The molecule has 0 radical (unpaired) electrons. The molecule has 0 unspecified atom stereocenters. The van der Waals surface area contributed by atoms with Gasteiger partial charge in [-0.3, -0.25) is 9.10 Å². The Morgan fingerprint density at radius 2 is 1.90 bits per heavy atom. The first kappa shape index (κ1) is 22.0. The minimum Gasteiger partial charge on any atom is -0.497 e. The largest absolute Gasteiger partial charge is 0.497 e. The SMILES string of the molecule is CCS(=O)(=O)N(C)c1ccc(C(=O)N[C@@H]2CC(C)(C)Oc3ccc(OC)cc32)cc1. The van der Waals surface area contributed by atoms with Crippen LogP contribution in [0.2, 0.25) is 0 Å². The summed E-state index contributed by atoms with van der Waals surface area (Å²) in [5.74, 6) is 1.19. The minimum atomic E-state index is -3.35. The van der Waals surface area contributed by atoms with Crippen LogP contribution in [-0.2, 0) is 10.0 Å². The molecule has 1 N–H and O–H groups in total. The van der Waals surface area contributed by atoms with E-state index in [2.05, 4.69) is 5.32 Å². The number of fused-ring (bicyclic) bond motifs is 1. The van der Waals surface area contributed by atoms with Gasteiger partial charge < -0.3 is 14.8 Å². The normalized spacial score (nSPS) is 17.4. The quantitative estimate of drug-likeness (QED) is 0.755. The van der Waals surface area contributed by atoms with Crippen molar-refractivity contribution in [2.24, 2.45) is 0 Å². The Bertz CT molecular complexity index is 1030. The molecule has 0 fully saturated rings. The van der Waals surface area contributed by atoms with Crippen LogP contribution in [-0.4, -0.2) is 39.8 Å². The smallest absolute Gasteiger partial charge is 0.251 e. The van der Waals surface area contributed by atoms with E-state index in [1.54, 1.807) is 38.3 Å². The topological polar surface area (TPSA) is 84.9 Å². The van der Waals surface area contributed by atoms with Crippen LogP contribution in [0.5, 0.6) is 11.5 Å². The van der Waals surface area contributed by atoms with Crippen molar-refractivity contribution in [3.05, 3.63) is 53.6 Å². The van der Waals surface area contributed by atoms with Gasteiger partial charge in [0.2, 0.25) is 10.0 Å². The molecule has 30 heavy (non-hydrogen) atoms. The molecule has 0 aliphatic carbocycles. The maximum Gasteiger partial charge on any atom is 0.251 e. The molecule has 1 atom stereocenters. The number of sulfonamides is 1. The molecule has 1 aliphatic rings. The van der Waals surface area contributed by atoms with Crippen LogP contribution in [0.4, 0.5) is 5.69 Å². The Labute approximate surface area is 178 Å². The number of benzene rings is 2. The highest BCUT2D eigenvalue weighted by molar-refractivity contribution is 7.92. The molecule has 2 aromatic rings. The molecule has 7 nitrogen and oxygen atoms in total. The maximum atomic E-state index is 12.9. The number of rotatable bonds is 6. The number of carbonyl (C=O) groups is 1. The summed E-state index contributed by atoms with van der Waals surface area (Å²) in [4.78, 5) is 12.9. The van der Waals surface area contributed by atoms with Crippen molar-refractivity contribution in [2.45, 2.75) is 38.8 Å². The summed E-state index contributed by atoms with van der Waals surface area (Å²) >= 11 is 0. The van der Waals surface area contributed by atoms with Crippen LogP contribution >= 0.6 is 0 Å². The van der Waals surface area contributed by atoms with Crippen molar-refractivity contribution < 1.29 is 22.7 Å². The summed E-state index contributed by atoms with van der Waals surface area (Å²) in [7, 11) is -0.253. The second kappa shape index (κ2) is 8.18. The summed E-state index contributed by atoms with van der Waals surface area (Å²) in [5.41, 5.74) is 1.40. The Kier molecular flexibility index (Phi) is 5.99. The summed E-state index contributed by atoms with van der Waals surface area (Å²) in [6.07, 6.45) is 0.606. The maximum absolute atomic E-state index is 12.9. The number of carbonyl (C=O) groups excluding carboxylic acids is 1. The Morgan fingerprint density at radius 3 is 2.50 bits per heavy atom. The van der Waals surface area contributed by atoms with E-state index in [-0.39, 0.29) is 17.7 Å². The fourth-order valence-corrected chi connectivity index (χ4v) is 4.34. The summed E-state index contributed by atoms with van der Waals surface area (Å²) < 4.78 is 36.7. The van der Waals surface area contributed by atoms with Crippen molar-refractivity contribution in [1.82, 2.24) is 5.32 Å². The van der Waals surface area contributed by atoms with Crippen molar-refractivity contribution in [3.8, 4) is 11.5 Å². The Hall–Kier alpha value is -2.74. The van der Waals surface area contributed by atoms with Gasteiger partial charge in [-0.15, -0.1) is 0 Å². The molecule has 2 aromatic carbocycles. The first-order valence-corrected chi connectivity index (χ1v) is 11.4. The van der Waals surface area contributed by atoms with E-state index >= 15 is 0 Å². The van der Waals surface area contributed by atoms with Gasteiger partial charge in [-0.25, -0.2) is 8.42 Å². The fraction of sp³-hybridized carbons (Fsp3) is 0.409. The highest BCUT2D eigenvalue weighted by Crippen LogP contribution is 2.41. The van der Waals surface area contributed by atoms with E-state index in [1.165, 1.54) is 11.4 Å². The standard InChI is InChI=1S/C22H28N2O5S/c1-6-30(26,27)24(4)16-9-7-15(8-10-16)21(25)23-19-14-22(2,3)29-20-12-11-17(28-5)13-18(19)20/h7-13,19H,6,14H2,1-5H3,(H,23,25)/t19-/m1/s1. The number of amides is 1. The molecule has 3 rings (SSSR count). The average molecular weight is 433 g/mol. The van der Waals surface area contributed by atoms with Crippen molar-refractivity contribution in [2.75, 3.05) is 24.2 Å². The molecule has 0 saturated carbocycles. The van der Waals surface area contributed by atoms with Crippen LogP contribution in [0.1, 0.15) is 49.2 Å². The zero-order valence-electron chi connectivity index (χ0n) is 17.9. The molecule has 0 aromatic heterocycles. The highest BCUT2D eigenvalue weighted by Gasteiger charge is 2.35. The molecule has 8 heteroatoms. The molecular formula is C22H28N2O5S. The summed E-state index contributed by atoms with van der Waals surface area (Å²) in [5, 5.41) is 3.08. The lowest BCUT2D eigenvalue weighted by molar-refractivity contribution is 0.0618. The molecular weight excluding hydrogens is 404 g/mol. The van der Waals surface area contributed by atoms with Crippen LogP contribution in [0.3, 0.4) is 0 Å². The lowest BCUT2D eigenvalue weighted by Gasteiger charge is -2.38. The third kappa shape index (κ3) is 4.53. The lowest BCUT2D eigenvalue weighted by atomic mass is 9.89. The predicted molar refractivity (Wildman–Crippen MR) is 117 cm³/mol. The highest BCUT2D eigenvalue weighted by atomic mass is 32.2. The first-order valence-electron chi connectivity index (χ1n) is 9.81. The number of methoxy groups -OCH3 is 1. The molecule has 0 spiro atoms. The second-order valence-corrected chi connectivity index (χ2v) is 10.2. The van der Waals surface area contributed by atoms with Gasteiger partial charge in [-0.2, -0.15) is 0 Å². The van der Waals surface area contributed by atoms with Gasteiger partial charge in [0.15, 0.2) is 0 Å². The predicted octanol–water partition coefficient (Wildman–Crippen LogP) is 3.51. The second-order valence-electron chi connectivity index (χ2n) is 7.91. The van der Waals surface area contributed by atoms with Gasteiger partial charge in [0, 0.05) is 24.6 Å². The first-order chi connectivity index (χ1) is 14.1. The van der Waals surface area contributed by atoms with Gasteiger partial charge in [-0.1, -0.05) is 0 Å². The third-order valence-electron chi connectivity index (χ3n) is 5.25. The van der Waals surface area contributed by atoms with Gasteiger partial charge >= 0.3 is 0 Å².